The van der Waals surface area contributed by atoms with Crippen LogP contribution in [0.3, 0.4) is 0 Å². The highest BCUT2D eigenvalue weighted by Crippen LogP contribution is 2.20. The van der Waals surface area contributed by atoms with Crippen molar-refractivity contribution in [2.45, 2.75) is 52.5 Å². The smallest absolute Gasteiger partial charge is 0.220 e. The molecule has 1 aliphatic heterocycles. The van der Waals surface area contributed by atoms with Crippen molar-refractivity contribution in [1.29, 1.82) is 0 Å². The van der Waals surface area contributed by atoms with E-state index in [2.05, 4.69) is 71.5 Å². The van der Waals surface area contributed by atoms with E-state index in [9.17, 15) is 4.79 Å². The second-order valence-electron chi connectivity index (χ2n) is 8.52. The zero-order chi connectivity index (χ0) is 23.2. The number of hydrogen-bond donors (Lipinski definition) is 3. The van der Waals surface area contributed by atoms with Crippen molar-refractivity contribution in [3.05, 3.63) is 35.9 Å². The van der Waals surface area contributed by atoms with Gasteiger partial charge in [-0.2, -0.15) is 0 Å². The lowest BCUT2D eigenvalue weighted by Gasteiger charge is -2.30. The molecule has 2 rings (SSSR count). The number of nitrogens with one attached hydrogen (secondary N) is 2. The van der Waals surface area contributed by atoms with E-state index >= 15 is 0 Å². The van der Waals surface area contributed by atoms with Crippen LogP contribution in [-0.4, -0.2) is 74.0 Å². The van der Waals surface area contributed by atoms with Gasteiger partial charge in [0, 0.05) is 19.0 Å². The first kappa shape index (κ1) is 29.6. The molecule has 0 saturated carbocycles. The number of aliphatic imine (C=N–C) groups is 1. The van der Waals surface area contributed by atoms with E-state index in [1.165, 1.54) is 5.56 Å². The van der Waals surface area contributed by atoms with Crippen molar-refractivity contribution in [3.8, 4) is 0 Å². The SMILES string of the molecule is CCNC(=NCC(c1ccccc1)N(CC)CC)NCCCCN1CCC(C(N)=O)CC1.I. The van der Waals surface area contributed by atoms with Crippen LogP contribution in [0, 0.1) is 5.92 Å². The number of benzene rings is 1. The standard InChI is InChI=1S/C25H44N6O.HI/c1-4-27-25(28-16-10-11-17-30-18-14-22(15-19-30)24(26)32)29-20-23(31(5-2)6-3)21-12-8-7-9-13-21;/h7-9,12-13,22-23H,4-6,10-11,14-20H2,1-3H3,(H2,26,32)(H2,27,28,29);1H. The Labute approximate surface area is 218 Å². The highest BCUT2D eigenvalue weighted by molar-refractivity contribution is 14.0. The Hall–Kier alpha value is -1.39. The van der Waals surface area contributed by atoms with Crippen LogP contribution in [0.25, 0.3) is 0 Å². The molecule has 0 aromatic heterocycles. The molecule has 1 fully saturated rings. The van der Waals surface area contributed by atoms with E-state index < -0.39 is 0 Å². The van der Waals surface area contributed by atoms with Crippen LogP contribution in [0.5, 0.6) is 0 Å². The molecule has 188 valence electrons. The van der Waals surface area contributed by atoms with Gasteiger partial charge < -0.3 is 21.3 Å². The van der Waals surface area contributed by atoms with Gasteiger partial charge in [-0.3, -0.25) is 14.7 Å². The average Bonchev–Trinajstić information content (AvgIpc) is 2.82. The molecule has 1 aromatic rings. The van der Waals surface area contributed by atoms with Crippen molar-refractivity contribution in [1.82, 2.24) is 20.4 Å². The number of amides is 1. The Balaban J connectivity index is 0.00000544. The Bertz CT molecular complexity index is 675. The summed E-state index contributed by atoms with van der Waals surface area (Å²) < 4.78 is 0. The van der Waals surface area contributed by atoms with Gasteiger partial charge in [-0.15, -0.1) is 24.0 Å². The number of likely N-dealkylation sites (tertiary alicyclic amines) is 1. The van der Waals surface area contributed by atoms with Crippen LogP contribution >= 0.6 is 24.0 Å². The van der Waals surface area contributed by atoms with E-state index in [1.807, 2.05) is 0 Å². The lowest BCUT2D eigenvalue weighted by molar-refractivity contribution is -0.123. The topological polar surface area (TPSA) is 86.0 Å². The second kappa shape index (κ2) is 17.1. The number of nitrogens with zero attached hydrogens (tertiary/aromatic N) is 3. The van der Waals surface area contributed by atoms with Gasteiger partial charge >= 0.3 is 0 Å². The number of likely N-dealkylation sites (N-methyl/N-ethyl adjacent to an activating group) is 1. The van der Waals surface area contributed by atoms with Gasteiger partial charge in [0.2, 0.25) is 5.91 Å². The molecule has 0 bridgehead atoms. The molecule has 1 saturated heterocycles. The van der Waals surface area contributed by atoms with Crippen LogP contribution in [0.1, 0.15) is 58.1 Å². The van der Waals surface area contributed by atoms with Gasteiger partial charge in [0.25, 0.3) is 0 Å². The number of carbonyl (C=O) groups excluding carboxylic acids is 1. The minimum Gasteiger partial charge on any atom is -0.369 e. The zero-order valence-electron chi connectivity index (χ0n) is 20.8. The van der Waals surface area contributed by atoms with Gasteiger partial charge in [0.15, 0.2) is 5.96 Å². The van der Waals surface area contributed by atoms with E-state index in [-0.39, 0.29) is 41.8 Å². The maximum Gasteiger partial charge on any atom is 0.220 e. The summed E-state index contributed by atoms with van der Waals surface area (Å²) in [7, 11) is 0. The molecule has 0 radical (unpaired) electrons. The minimum absolute atomic E-state index is 0. The maximum absolute atomic E-state index is 11.3. The fourth-order valence-corrected chi connectivity index (χ4v) is 4.40. The van der Waals surface area contributed by atoms with Gasteiger partial charge in [0.1, 0.15) is 0 Å². The van der Waals surface area contributed by atoms with Crippen LogP contribution in [0.4, 0.5) is 0 Å². The molecule has 33 heavy (non-hydrogen) atoms. The quantitative estimate of drug-likeness (QED) is 0.146. The van der Waals surface area contributed by atoms with Gasteiger partial charge in [-0.25, -0.2) is 0 Å². The van der Waals surface area contributed by atoms with Crippen LogP contribution in [-0.2, 0) is 4.79 Å². The van der Waals surface area contributed by atoms with E-state index in [0.717, 1.165) is 84.0 Å². The predicted octanol–water partition coefficient (Wildman–Crippen LogP) is 3.22. The molecule has 1 aromatic carbocycles. The van der Waals surface area contributed by atoms with Gasteiger partial charge in [-0.05, 0) is 70.9 Å². The summed E-state index contributed by atoms with van der Waals surface area (Å²) in [5, 5.41) is 6.89. The summed E-state index contributed by atoms with van der Waals surface area (Å²) in [4.78, 5) is 21.1. The van der Waals surface area contributed by atoms with E-state index in [0.29, 0.717) is 0 Å². The molecular formula is C25H45IN6O. The minimum atomic E-state index is -0.139. The molecular weight excluding hydrogens is 527 g/mol. The Morgan fingerprint density at radius 1 is 1.12 bits per heavy atom. The summed E-state index contributed by atoms with van der Waals surface area (Å²) in [5.74, 6) is 0.824. The molecule has 1 atom stereocenters. The first-order valence-electron chi connectivity index (χ1n) is 12.4. The number of hydrogen-bond acceptors (Lipinski definition) is 4. The molecule has 4 N–H and O–H groups in total. The van der Waals surface area contributed by atoms with Crippen LogP contribution in [0.15, 0.2) is 35.3 Å². The van der Waals surface area contributed by atoms with Crippen molar-refractivity contribution in [3.63, 3.8) is 0 Å². The second-order valence-corrected chi connectivity index (χ2v) is 8.52. The highest BCUT2D eigenvalue weighted by Gasteiger charge is 2.22. The molecule has 7 nitrogen and oxygen atoms in total. The van der Waals surface area contributed by atoms with Crippen LogP contribution in [0.2, 0.25) is 0 Å². The largest absolute Gasteiger partial charge is 0.369 e. The number of rotatable bonds is 13. The number of unbranched alkanes of at least 4 members (excludes halogenated alkanes) is 1. The third-order valence-corrected chi connectivity index (χ3v) is 6.39. The maximum atomic E-state index is 11.3. The number of piperidine rings is 1. The highest BCUT2D eigenvalue weighted by atomic mass is 127. The first-order chi connectivity index (χ1) is 15.6. The summed E-state index contributed by atoms with van der Waals surface area (Å²) in [6.07, 6.45) is 4.04. The first-order valence-corrected chi connectivity index (χ1v) is 12.4. The Morgan fingerprint density at radius 3 is 2.36 bits per heavy atom. The number of guanidine groups is 1. The molecule has 1 heterocycles. The van der Waals surface area contributed by atoms with Gasteiger partial charge in [0.05, 0.1) is 12.6 Å². The monoisotopic (exact) mass is 572 g/mol. The van der Waals surface area contributed by atoms with E-state index in [4.69, 9.17) is 10.7 Å². The fourth-order valence-electron chi connectivity index (χ4n) is 4.40. The molecule has 0 aliphatic carbocycles. The third-order valence-electron chi connectivity index (χ3n) is 6.39. The molecule has 1 amide bonds. The van der Waals surface area contributed by atoms with Gasteiger partial charge in [-0.1, -0.05) is 44.2 Å². The number of primary amides is 1. The fraction of sp³-hybridized carbons (Fsp3) is 0.680. The Morgan fingerprint density at radius 2 is 1.79 bits per heavy atom. The molecule has 1 aliphatic rings. The number of nitrogens with two attached hydrogens (primary N) is 1. The van der Waals surface area contributed by atoms with E-state index in [1.54, 1.807) is 0 Å². The van der Waals surface area contributed by atoms with Crippen molar-refractivity contribution < 1.29 is 4.79 Å². The molecule has 0 spiro atoms. The number of carbonyl (C=O) groups is 1. The zero-order valence-corrected chi connectivity index (χ0v) is 23.1. The average molecular weight is 573 g/mol. The summed E-state index contributed by atoms with van der Waals surface area (Å²) in [5.41, 5.74) is 6.74. The Kier molecular flexibility index (Phi) is 15.4. The predicted molar refractivity (Wildman–Crippen MR) is 149 cm³/mol. The summed E-state index contributed by atoms with van der Waals surface area (Å²) in [6, 6.07) is 11.0. The summed E-state index contributed by atoms with van der Waals surface area (Å²) >= 11 is 0. The van der Waals surface area contributed by atoms with Crippen molar-refractivity contribution >= 4 is 35.8 Å². The molecule has 8 heteroatoms. The third kappa shape index (κ3) is 10.6. The lowest BCUT2D eigenvalue weighted by Crippen LogP contribution is -2.40. The normalized spacial score (nSPS) is 16.3. The van der Waals surface area contributed by atoms with Crippen molar-refractivity contribution in [2.75, 3.05) is 52.4 Å². The number of halogens is 1. The summed E-state index contributed by atoms with van der Waals surface area (Å²) in [6.45, 7) is 14.1. The van der Waals surface area contributed by atoms with Crippen molar-refractivity contribution in [2.24, 2.45) is 16.6 Å². The van der Waals surface area contributed by atoms with Crippen LogP contribution < -0.4 is 16.4 Å². The molecule has 1 unspecified atom stereocenters. The lowest BCUT2D eigenvalue weighted by atomic mass is 9.96.